The fourth-order valence-corrected chi connectivity index (χ4v) is 1.77. The Kier molecular flexibility index (Phi) is 10.3. The maximum Gasteiger partial charge on any atom is 0.336 e. The van der Waals surface area contributed by atoms with Crippen LogP contribution in [0.5, 0.6) is 0 Å². The molecular formula is C19H24N4O4. The number of anilines is 2. The van der Waals surface area contributed by atoms with Crippen LogP contribution in [0.2, 0.25) is 0 Å². The van der Waals surface area contributed by atoms with Gasteiger partial charge in [0.25, 0.3) is 0 Å². The summed E-state index contributed by atoms with van der Waals surface area (Å²) in [7, 11) is 0. The number of aromatic nitrogens is 2. The van der Waals surface area contributed by atoms with Crippen LogP contribution in [0, 0.1) is 0 Å². The average molecular weight is 372 g/mol. The van der Waals surface area contributed by atoms with Crippen molar-refractivity contribution in [1.82, 2.24) is 9.97 Å². The van der Waals surface area contributed by atoms with E-state index in [9.17, 15) is 9.59 Å². The minimum atomic E-state index is -0.544. The smallest absolute Gasteiger partial charge is 0.336 e. The minimum absolute atomic E-state index is 0.139. The number of rotatable bonds is 7. The second kappa shape index (κ2) is 12.9. The molecule has 0 atom stereocenters. The summed E-state index contributed by atoms with van der Waals surface area (Å²) >= 11 is 0. The van der Waals surface area contributed by atoms with Crippen molar-refractivity contribution < 1.29 is 19.1 Å². The Morgan fingerprint density at radius 2 is 1.74 bits per heavy atom. The van der Waals surface area contributed by atoms with E-state index >= 15 is 0 Å². The minimum Gasteiger partial charge on any atom is -0.466 e. The van der Waals surface area contributed by atoms with Crippen molar-refractivity contribution in [3.8, 4) is 0 Å². The summed E-state index contributed by atoms with van der Waals surface area (Å²) in [5, 5.41) is 2.90. The highest BCUT2D eigenvalue weighted by atomic mass is 16.5. The van der Waals surface area contributed by atoms with Crippen molar-refractivity contribution in [2.24, 2.45) is 0 Å². The fourth-order valence-electron chi connectivity index (χ4n) is 1.77. The lowest BCUT2D eigenvalue weighted by atomic mass is 10.2. The number of pyridine rings is 2. The van der Waals surface area contributed by atoms with Gasteiger partial charge in [-0.15, -0.1) is 0 Å². The molecule has 0 saturated heterocycles. The largest absolute Gasteiger partial charge is 0.466 e. The molecule has 0 aliphatic carbocycles. The molecule has 0 saturated carbocycles. The van der Waals surface area contributed by atoms with E-state index < -0.39 is 11.9 Å². The molecular weight excluding hydrogens is 348 g/mol. The summed E-state index contributed by atoms with van der Waals surface area (Å²) in [6.07, 6.45) is 7.84. The number of nitrogen functional groups attached to an aromatic ring is 1. The first-order chi connectivity index (χ1) is 13.1. The van der Waals surface area contributed by atoms with Crippen molar-refractivity contribution >= 4 is 23.3 Å². The molecule has 0 radical (unpaired) electrons. The lowest BCUT2D eigenvalue weighted by molar-refractivity contribution is -0.145. The summed E-state index contributed by atoms with van der Waals surface area (Å²) in [4.78, 5) is 30.9. The van der Waals surface area contributed by atoms with Gasteiger partial charge in [0.05, 0.1) is 42.8 Å². The Morgan fingerprint density at radius 1 is 1.07 bits per heavy atom. The number of ether oxygens (including phenoxy) is 2. The van der Waals surface area contributed by atoms with Gasteiger partial charge in [-0.05, 0) is 38.1 Å². The van der Waals surface area contributed by atoms with Crippen molar-refractivity contribution in [1.29, 1.82) is 0 Å². The molecule has 0 fully saturated rings. The molecule has 0 unspecified atom stereocenters. The molecule has 0 aliphatic rings. The highest BCUT2D eigenvalue weighted by Gasteiger charge is 2.15. The summed E-state index contributed by atoms with van der Waals surface area (Å²) in [6.45, 7) is 3.92. The molecule has 0 bridgehead atoms. The van der Waals surface area contributed by atoms with Crippen LogP contribution in [0.1, 0.15) is 20.3 Å². The zero-order valence-electron chi connectivity index (χ0n) is 15.4. The van der Waals surface area contributed by atoms with Crippen LogP contribution in [0.3, 0.4) is 0 Å². The Morgan fingerprint density at radius 3 is 2.22 bits per heavy atom. The highest BCUT2D eigenvalue weighted by molar-refractivity contribution is 5.94. The van der Waals surface area contributed by atoms with E-state index in [1.54, 1.807) is 62.9 Å². The van der Waals surface area contributed by atoms with Crippen LogP contribution in [0.25, 0.3) is 0 Å². The van der Waals surface area contributed by atoms with Crippen LogP contribution in [-0.4, -0.2) is 35.1 Å². The molecule has 0 aliphatic heterocycles. The summed E-state index contributed by atoms with van der Waals surface area (Å²) in [6, 6.07) is 7.14. The third kappa shape index (κ3) is 9.59. The van der Waals surface area contributed by atoms with E-state index in [4.69, 9.17) is 15.2 Å². The molecule has 0 spiro atoms. The second-order valence-corrected chi connectivity index (χ2v) is 5.04. The van der Waals surface area contributed by atoms with E-state index in [0.29, 0.717) is 11.4 Å². The van der Waals surface area contributed by atoms with E-state index in [-0.39, 0.29) is 25.2 Å². The Labute approximate surface area is 158 Å². The zero-order valence-corrected chi connectivity index (χ0v) is 15.4. The molecule has 27 heavy (non-hydrogen) atoms. The van der Waals surface area contributed by atoms with Gasteiger partial charge in [-0.25, -0.2) is 4.79 Å². The second-order valence-electron chi connectivity index (χ2n) is 5.04. The molecule has 0 aromatic carbocycles. The first kappa shape index (κ1) is 21.6. The van der Waals surface area contributed by atoms with Crippen molar-refractivity contribution in [3.63, 3.8) is 0 Å². The summed E-state index contributed by atoms with van der Waals surface area (Å²) in [5.41, 5.74) is 6.92. The fraction of sp³-hybridized carbons (Fsp3) is 0.263. The quantitative estimate of drug-likeness (QED) is 0.563. The first-order valence-corrected chi connectivity index (χ1v) is 8.40. The molecule has 0 amide bonds. The maximum absolute atomic E-state index is 11.8. The van der Waals surface area contributed by atoms with E-state index in [2.05, 4.69) is 15.3 Å². The molecule has 3 N–H and O–H groups in total. The Bertz CT molecular complexity index is 721. The Balaban J connectivity index is 0.000000433. The van der Waals surface area contributed by atoms with Gasteiger partial charge < -0.3 is 20.5 Å². The van der Waals surface area contributed by atoms with E-state index in [0.717, 1.165) is 0 Å². The number of carbonyl (C=O) groups excluding carboxylic acids is 2. The van der Waals surface area contributed by atoms with Gasteiger partial charge >= 0.3 is 11.9 Å². The molecule has 2 rings (SSSR count). The maximum atomic E-state index is 11.8. The number of nitrogens with two attached hydrogens (primary N) is 1. The van der Waals surface area contributed by atoms with Crippen molar-refractivity contribution in [3.05, 3.63) is 60.8 Å². The number of esters is 2. The van der Waals surface area contributed by atoms with Gasteiger partial charge in [0.2, 0.25) is 0 Å². The predicted molar refractivity (Wildman–Crippen MR) is 102 cm³/mol. The van der Waals surface area contributed by atoms with Crippen molar-refractivity contribution in [2.45, 2.75) is 20.3 Å². The number of nitrogens with one attached hydrogen (secondary N) is 1. The lowest BCUT2D eigenvalue weighted by Crippen LogP contribution is -2.14. The van der Waals surface area contributed by atoms with Crippen LogP contribution in [0.4, 0.5) is 11.4 Å². The molecule has 2 aromatic heterocycles. The SMILES string of the molecule is CCOC(=O)CC(=CNc1cccnc1)C(=O)OCC.Nc1cccnc1. The monoisotopic (exact) mass is 372 g/mol. The molecule has 2 aromatic rings. The van der Waals surface area contributed by atoms with Crippen LogP contribution in [-0.2, 0) is 19.1 Å². The van der Waals surface area contributed by atoms with Gasteiger partial charge in [0, 0.05) is 24.8 Å². The number of nitrogens with zero attached hydrogens (tertiary/aromatic N) is 2. The van der Waals surface area contributed by atoms with Crippen LogP contribution < -0.4 is 11.1 Å². The first-order valence-electron chi connectivity index (χ1n) is 8.40. The third-order valence-electron chi connectivity index (χ3n) is 2.94. The van der Waals surface area contributed by atoms with Gasteiger partial charge in [0.15, 0.2) is 0 Å². The predicted octanol–water partition coefficient (Wildman–Crippen LogP) is 2.56. The van der Waals surface area contributed by atoms with Crippen LogP contribution >= 0.6 is 0 Å². The third-order valence-corrected chi connectivity index (χ3v) is 2.94. The molecule has 144 valence electrons. The normalized spacial score (nSPS) is 10.2. The lowest BCUT2D eigenvalue weighted by Gasteiger charge is -2.08. The standard InChI is InChI=1S/C14H18N2O4.C5H6N2/c1-3-19-13(17)8-11(14(18)20-4-2)9-16-12-6-5-7-15-10-12;6-5-2-1-3-7-4-5/h5-7,9-10,16H,3-4,8H2,1-2H3;1-4H,6H2. The van der Waals surface area contributed by atoms with Gasteiger partial charge in [-0.2, -0.15) is 0 Å². The molecule has 8 heteroatoms. The molecule has 2 heterocycles. The van der Waals surface area contributed by atoms with Gasteiger partial charge in [-0.3, -0.25) is 14.8 Å². The number of hydrogen-bond acceptors (Lipinski definition) is 8. The number of hydrogen-bond donors (Lipinski definition) is 2. The summed E-state index contributed by atoms with van der Waals surface area (Å²) < 4.78 is 9.73. The van der Waals surface area contributed by atoms with E-state index in [1.807, 2.05) is 0 Å². The topological polar surface area (TPSA) is 116 Å². The van der Waals surface area contributed by atoms with Crippen molar-refractivity contribution in [2.75, 3.05) is 24.3 Å². The summed E-state index contributed by atoms with van der Waals surface area (Å²) in [5.74, 6) is -1.02. The highest BCUT2D eigenvalue weighted by Crippen LogP contribution is 2.09. The van der Waals surface area contributed by atoms with E-state index in [1.165, 1.54) is 6.20 Å². The Hall–Kier alpha value is -3.42. The molecule has 8 nitrogen and oxygen atoms in total. The van der Waals surface area contributed by atoms with Gasteiger partial charge in [-0.1, -0.05) is 0 Å². The average Bonchev–Trinajstić information content (AvgIpc) is 2.67. The van der Waals surface area contributed by atoms with Crippen LogP contribution in [0.15, 0.2) is 60.8 Å². The van der Waals surface area contributed by atoms with Gasteiger partial charge in [0.1, 0.15) is 0 Å². The zero-order chi connectivity index (χ0) is 19.9. The number of carbonyl (C=O) groups is 2.